The van der Waals surface area contributed by atoms with Gasteiger partial charge in [0.15, 0.2) is 0 Å². The Labute approximate surface area is 141 Å². The number of benzene rings is 2. The number of aromatic nitrogens is 1. The second-order valence-electron chi connectivity index (χ2n) is 5.74. The number of nitrogens with zero attached hydrogens (tertiary/aromatic N) is 4. The second-order valence-corrected chi connectivity index (χ2v) is 5.74. The van der Waals surface area contributed by atoms with E-state index in [4.69, 9.17) is 0 Å². The molecule has 0 spiro atoms. The lowest BCUT2D eigenvalue weighted by Gasteiger charge is -2.19. The quantitative estimate of drug-likeness (QED) is 0.525. The summed E-state index contributed by atoms with van der Waals surface area (Å²) in [6, 6.07) is 12.8. The summed E-state index contributed by atoms with van der Waals surface area (Å²) in [5, 5.41) is 20.8. The highest BCUT2D eigenvalue weighted by Crippen LogP contribution is 2.36. The van der Waals surface area contributed by atoms with Crippen molar-refractivity contribution in [2.75, 3.05) is 11.4 Å². The van der Waals surface area contributed by atoms with Crippen LogP contribution in [0.4, 0.5) is 21.6 Å². The van der Waals surface area contributed by atoms with Gasteiger partial charge in [0.1, 0.15) is 11.6 Å². The van der Waals surface area contributed by atoms with Crippen LogP contribution < -0.4 is 4.90 Å². The topological polar surface area (TPSA) is 83.1 Å². The van der Waals surface area contributed by atoms with Crippen molar-refractivity contribution in [1.29, 1.82) is 5.26 Å². The molecule has 25 heavy (non-hydrogen) atoms. The number of hydrogen-bond donors (Lipinski definition) is 0. The molecule has 0 amide bonds. The number of non-ortho nitro benzene ring substituents is 1. The van der Waals surface area contributed by atoms with Crippen LogP contribution >= 0.6 is 0 Å². The van der Waals surface area contributed by atoms with Crippen LogP contribution in [-0.2, 0) is 6.42 Å². The predicted octanol–water partition coefficient (Wildman–Crippen LogP) is 3.85. The maximum atomic E-state index is 13.9. The zero-order valence-corrected chi connectivity index (χ0v) is 12.9. The van der Waals surface area contributed by atoms with Crippen molar-refractivity contribution in [3.05, 3.63) is 69.5 Å². The molecule has 122 valence electrons. The minimum absolute atomic E-state index is 0.0906. The van der Waals surface area contributed by atoms with Crippen LogP contribution in [0.2, 0.25) is 0 Å². The molecule has 0 saturated carbocycles. The fraction of sp³-hybridized carbons (Fsp3) is 0.111. The lowest BCUT2D eigenvalue weighted by molar-refractivity contribution is -0.384. The Morgan fingerprint density at radius 3 is 2.88 bits per heavy atom. The van der Waals surface area contributed by atoms with Crippen molar-refractivity contribution in [1.82, 2.24) is 4.98 Å². The standard InChI is InChI=1S/C18H11FN4O2/c19-15-2-1-3-17-13(15)6-7-22(17)18-8-11(10-20)14-9-12(23(24)25)4-5-16(14)21-18/h1-5,8-9H,6-7H2. The molecule has 7 heteroatoms. The molecule has 1 aromatic heterocycles. The Morgan fingerprint density at radius 2 is 2.12 bits per heavy atom. The van der Waals surface area contributed by atoms with E-state index in [1.165, 1.54) is 24.3 Å². The summed E-state index contributed by atoms with van der Waals surface area (Å²) in [5.41, 5.74) is 2.06. The fourth-order valence-corrected chi connectivity index (χ4v) is 3.17. The van der Waals surface area contributed by atoms with Gasteiger partial charge in [-0.15, -0.1) is 0 Å². The largest absolute Gasteiger partial charge is 0.326 e. The lowest BCUT2D eigenvalue weighted by Crippen LogP contribution is -2.15. The van der Waals surface area contributed by atoms with Crippen LogP contribution in [0.3, 0.4) is 0 Å². The van der Waals surface area contributed by atoms with Crippen LogP contribution in [0.5, 0.6) is 0 Å². The van der Waals surface area contributed by atoms with Crippen molar-refractivity contribution in [2.24, 2.45) is 0 Å². The average molecular weight is 334 g/mol. The molecule has 0 atom stereocenters. The van der Waals surface area contributed by atoms with E-state index in [9.17, 15) is 19.8 Å². The van der Waals surface area contributed by atoms with Gasteiger partial charge in [-0.3, -0.25) is 10.1 Å². The first-order valence-electron chi connectivity index (χ1n) is 7.62. The van der Waals surface area contributed by atoms with Crippen molar-refractivity contribution in [2.45, 2.75) is 6.42 Å². The third kappa shape index (κ3) is 2.35. The van der Waals surface area contributed by atoms with E-state index in [2.05, 4.69) is 11.1 Å². The highest BCUT2D eigenvalue weighted by atomic mass is 19.1. The van der Waals surface area contributed by atoms with Crippen LogP contribution in [0.25, 0.3) is 10.9 Å². The van der Waals surface area contributed by atoms with Gasteiger partial charge >= 0.3 is 0 Å². The van der Waals surface area contributed by atoms with Gasteiger partial charge in [-0.1, -0.05) is 6.07 Å². The predicted molar refractivity (Wildman–Crippen MR) is 90.2 cm³/mol. The minimum atomic E-state index is -0.506. The van der Waals surface area contributed by atoms with Gasteiger partial charge in [-0.2, -0.15) is 5.26 Å². The molecule has 1 aliphatic rings. The van der Waals surface area contributed by atoms with E-state index < -0.39 is 4.92 Å². The molecular weight excluding hydrogens is 323 g/mol. The van der Waals surface area contributed by atoms with E-state index >= 15 is 0 Å². The Balaban J connectivity index is 1.88. The number of halogens is 1. The maximum absolute atomic E-state index is 13.9. The van der Waals surface area contributed by atoms with E-state index in [1.807, 2.05) is 11.0 Å². The van der Waals surface area contributed by atoms with E-state index in [1.54, 1.807) is 12.1 Å². The summed E-state index contributed by atoms with van der Waals surface area (Å²) in [6.45, 7) is 0.562. The van der Waals surface area contributed by atoms with E-state index in [0.29, 0.717) is 40.8 Å². The number of anilines is 2. The molecule has 6 nitrogen and oxygen atoms in total. The highest BCUT2D eigenvalue weighted by molar-refractivity contribution is 5.89. The highest BCUT2D eigenvalue weighted by Gasteiger charge is 2.25. The SMILES string of the molecule is N#Cc1cc(N2CCc3c(F)cccc32)nc2ccc([N+](=O)[O-])cc12. The first-order valence-corrected chi connectivity index (χ1v) is 7.62. The Bertz CT molecular complexity index is 1070. The average Bonchev–Trinajstić information content (AvgIpc) is 3.05. The summed E-state index contributed by atoms with van der Waals surface area (Å²) >= 11 is 0. The van der Waals surface area contributed by atoms with Gasteiger partial charge in [0.2, 0.25) is 0 Å². The van der Waals surface area contributed by atoms with Crippen LogP contribution in [0.1, 0.15) is 11.1 Å². The van der Waals surface area contributed by atoms with Crippen molar-refractivity contribution >= 4 is 28.1 Å². The van der Waals surface area contributed by atoms with Crippen LogP contribution in [0.15, 0.2) is 42.5 Å². The molecular formula is C18H11FN4O2. The molecule has 4 rings (SSSR count). The fourth-order valence-electron chi connectivity index (χ4n) is 3.17. The third-order valence-corrected chi connectivity index (χ3v) is 4.36. The van der Waals surface area contributed by atoms with Gasteiger partial charge in [0, 0.05) is 35.3 Å². The number of fused-ring (bicyclic) bond motifs is 2. The second kappa shape index (κ2) is 5.53. The molecule has 0 saturated heterocycles. The molecule has 0 N–H and O–H groups in total. The first kappa shape index (κ1) is 15.0. The normalized spacial score (nSPS) is 12.9. The number of nitro groups is 1. The van der Waals surface area contributed by atoms with E-state index in [-0.39, 0.29) is 11.5 Å². The number of pyridine rings is 1. The summed E-state index contributed by atoms with van der Waals surface area (Å²) in [7, 11) is 0. The maximum Gasteiger partial charge on any atom is 0.270 e. The van der Waals surface area contributed by atoms with Crippen molar-refractivity contribution in [3.63, 3.8) is 0 Å². The van der Waals surface area contributed by atoms with Gasteiger partial charge in [-0.05, 0) is 30.7 Å². The Hall–Kier alpha value is -3.53. The van der Waals surface area contributed by atoms with E-state index in [0.717, 1.165) is 5.69 Å². The van der Waals surface area contributed by atoms with Gasteiger partial charge in [0.05, 0.1) is 22.1 Å². The Kier molecular flexibility index (Phi) is 3.32. The summed E-state index contributed by atoms with van der Waals surface area (Å²) < 4.78 is 13.9. The molecule has 0 unspecified atom stereocenters. The molecule has 3 aromatic rings. The lowest BCUT2D eigenvalue weighted by atomic mass is 10.1. The van der Waals surface area contributed by atoms with Crippen LogP contribution in [-0.4, -0.2) is 16.5 Å². The molecule has 2 aromatic carbocycles. The van der Waals surface area contributed by atoms with Gasteiger partial charge < -0.3 is 4.90 Å². The molecule has 0 fully saturated rings. The number of hydrogen-bond acceptors (Lipinski definition) is 5. The summed E-state index contributed by atoms with van der Waals surface area (Å²) in [6.07, 6.45) is 0.559. The first-order chi connectivity index (χ1) is 12.1. The molecule has 0 bridgehead atoms. The van der Waals surface area contributed by atoms with Gasteiger partial charge in [0.25, 0.3) is 5.69 Å². The monoisotopic (exact) mass is 334 g/mol. The number of rotatable bonds is 2. The zero-order valence-electron chi connectivity index (χ0n) is 12.9. The summed E-state index contributed by atoms with van der Waals surface area (Å²) in [5.74, 6) is 0.277. The molecule has 0 radical (unpaired) electrons. The smallest absolute Gasteiger partial charge is 0.270 e. The molecule has 1 aliphatic heterocycles. The van der Waals surface area contributed by atoms with Crippen molar-refractivity contribution in [3.8, 4) is 6.07 Å². The van der Waals surface area contributed by atoms with Crippen molar-refractivity contribution < 1.29 is 9.31 Å². The van der Waals surface area contributed by atoms with Gasteiger partial charge in [-0.25, -0.2) is 9.37 Å². The zero-order chi connectivity index (χ0) is 17.6. The number of nitriles is 1. The number of nitro benzene ring substituents is 1. The minimum Gasteiger partial charge on any atom is -0.326 e. The summed E-state index contributed by atoms with van der Waals surface area (Å²) in [4.78, 5) is 16.8. The van der Waals surface area contributed by atoms with Crippen LogP contribution in [0, 0.1) is 27.3 Å². The molecule has 2 heterocycles. The Morgan fingerprint density at radius 1 is 1.28 bits per heavy atom. The molecule has 0 aliphatic carbocycles. The third-order valence-electron chi connectivity index (χ3n) is 4.36.